The van der Waals surface area contributed by atoms with E-state index in [-0.39, 0.29) is 11.7 Å². The molecule has 0 spiro atoms. The van der Waals surface area contributed by atoms with Crippen LogP contribution < -0.4 is 4.74 Å². The molecule has 0 radical (unpaired) electrons. The molecule has 3 aliphatic rings. The minimum atomic E-state index is -1.00. The number of carbonyl (C=O) groups is 1. The van der Waals surface area contributed by atoms with Crippen molar-refractivity contribution in [3.8, 4) is 11.8 Å². The van der Waals surface area contributed by atoms with Crippen LogP contribution in [0.1, 0.15) is 96.0 Å². The van der Waals surface area contributed by atoms with Crippen LogP contribution in [0.5, 0.6) is 5.75 Å². The molecule has 3 aliphatic carbocycles. The number of hydrogen-bond acceptors (Lipinski definition) is 3. The third-order valence-corrected chi connectivity index (χ3v) is 8.85. The van der Waals surface area contributed by atoms with Gasteiger partial charge in [0.25, 0.3) is 0 Å². The van der Waals surface area contributed by atoms with E-state index in [9.17, 15) is 13.6 Å². The third-order valence-electron chi connectivity index (χ3n) is 8.85. The predicted molar refractivity (Wildman–Crippen MR) is 123 cm³/mol. The van der Waals surface area contributed by atoms with Gasteiger partial charge in [0, 0.05) is 12.1 Å². The molecule has 3 nitrogen and oxygen atoms in total. The second-order valence-corrected chi connectivity index (χ2v) is 10.8. The lowest BCUT2D eigenvalue weighted by Gasteiger charge is -2.45. The van der Waals surface area contributed by atoms with Crippen molar-refractivity contribution in [3.05, 3.63) is 29.3 Å². The van der Waals surface area contributed by atoms with Crippen LogP contribution in [0.25, 0.3) is 0 Å². The minimum absolute atomic E-state index is 0.163. The van der Waals surface area contributed by atoms with E-state index >= 15 is 0 Å². The van der Waals surface area contributed by atoms with Crippen LogP contribution in [0.4, 0.5) is 8.78 Å². The van der Waals surface area contributed by atoms with Gasteiger partial charge in [-0.05, 0) is 87.4 Å². The molecule has 0 heterocycles. The lowest BCUT2D eigenvalue weighted by molar-refractivity contribution is -0.140. The highest BCUT2D eigenvalue weighted by Crippen LogP contribution is 2.49. The van der Waals surface area contributed by atoms with Crippen LogP contribution in [0.3, 0.4) is 0 Å². The van der Waals surface area contributed by atoms with E-state index in [0.29, 0.717) is 5.92 Å². The number of ether oxygens (including phenoxy) is 1. The quantitative estimate of drug-likeness (QED) is 0.327. The van der Waals surface area contributed by atoms with E-state index in [1.54, 1.807) is 0 Å². The molecule has 0 N–H and O–H groups in total. The summed E-state index contributed by atoms with van der Waals surface area (Å²) in [7, 11) is 0. The van der Waals surface area contributed by atoms with E-state index in [1.807, 2.05) is 0 Å². The first kappa shape index (κ1) is 24.2. The van der Waals surface area contributed by atoms with Crippen molar-refractivity contribution >= 4 is 5.97 Å². The SMILES string of the molecule is CCCCC1CCC2CC(C3CCC(C(=O)Oc4cc(F)c(C#N)c(F)c4)CC3)CCC2C1. The standard InChI is InChI=1S/C28H37F2NO2/c1-2-3-4-18-5-6-23-14-22(12-11-21(23)13-18)19-7-9-20(10-8-19)28(32)33-24-15-26(29)25(17-31)27(30)16-24/h15-16,18-23H,2-14H2,1H3. The maximum absolute atomic E-state index is 13.8. The molecular formula is C28H37F2NO2. The normalized spacial score (nSPS) is 31.9. The van der Waals surface area contributed by atoms with Gasteiger partial charge in [0.1, 0.15) is 29.0 Å². The lowest BCUT2D eigenvalue weighted by Crippen LogP contribution is -2.35. The topological polar surface area (TPSA) is 50.1 Å². The third kappa shape index (κ3) is 5.76. The van der Waals surface area contributed by atoms with E-state index in [0.717, 1.165) is 61.5 Å². The molecule has 0 amide bonds. The Kier molecular flexibility index (Phi) is 8.04. The van der Waals surface area contributed by atoms with Gasteiger partial charge in [-0.1, -0.05) is 32.6 Å². The summed E-state index contributed by atoms with van der Waals surface area (Å²) in [6.07, 6.45) is 16.1. The predicted octanol–water partition coefficient (Wildman–Crippen LogP) is 7.57. The number of nitriles is 1. The van der Waals surface area contributed by atoms with E-state index < -0.39 is 23.2 Å². The maximum Gasteiger partial charge on any atom is 0.314 e. The molecule has 0 bridgehead atoms. The number of carbonyl (C=O) groups excluding carboxylic acids is 1. The van der Waals surface area contributed by atoms with Crippen LogP contribution >= 0.6 is 0 Å². The van der Waals surface area contributed by atoms with Crippen molar-refractivity contribution in [1.82, 2.24) is 0 Å². The lowest BCUT2D eigenvalue weighted by atomic mass is 9.60. The van der Waals surface area contributed by atoms with Crippen LogP contribution in [-0.2, 0) is 4.79 Å². The van der Waals surface area contributed by atoms with Crippen LogP contribution in [0.2, 0.25) is 0 Å². The molecule has 1 aromatic carbocycles. The molecule has 180 valence electrons. The molecule has 4 unspecified atom stereocenters. The Morgan fingerprint density at radius 1 is 0.939 bits per heavy atom. The Bertz CT molecular complexity index is 848. The Labute approximate surface area is 196 Å². The molecule has 4 atom stereocenters. The number of rotatable bonds is 6. The van der Waals surface area contributed by atoms with Crippen LogP contribution in [0.15, 0.2) is 12.1 Å². The van der Waals surface area contributed by atoms with Gasteiger partial charge in [0.2, 0.25) is 0 Å². The van der Waals surface area contributed by atoms with Gasteiger partial charge >= 0.3 is 5.97 Å². The Morgan fingerprint density at radius 2 is 1.52 bits per heavy atom. The zero-order valence-corrected chi connectivity index (χ0v) is 19.8. The zero-order chi connectivity index (χ0) is 23.4. The van der Waals surface area contributed by atoms with Gasteiger partial charge in [-0.2, -0.15) is 5.26 Å². The number of unbranched alkanes of at least 4 members (excludes halogenated alkanes) is 1. The summed E-state index contributed by atoms with van der Waals surface area (Å²) in [4.78, 5) is 12.6. The molecule has 5 heteroatoms. The number of esters is 1. The van der Waals surface area contributed by atoms with Crippen molar-refractivity contribution in [3.63, 3.8) is 0 Å². The molecule has 33 heavy (non-hydrogen) atoms. The van der Waals surface area contributed by atoms with Gasteiger partial charge in [-0.25, -0.2) is 8.78 Å². The van der Waals surface area contributed by atoms with Crippen molar-refractivity contribution in [2.45, 2.75) is 90.4 Å². The first-order chi connectivity index (χ1) is 16.0. The highest BCUT2D eigenvalue weighted by molar-refractivity contribution is 5.75. The smallest absolute Gasteiger partial charge is 0.314 e. The molecular weight excluding hydrogens is 420 g/mol. The largest absolute Gasteiger partial charge is 0.426 e. The van der Waals surface area contributed by atoms with Gasteiger partial charge in [0.05, 0.1) is 5.92 Å². The monoisotopic (exact) mass is 457 g/mol. The highest BCUT2D eigenvalue weighted by Gasteiger charge is 2.39. The summed E-state index contributed by atoms with van der Waals surface area (Å²) in [6, 6.07) is 3.31. The Hall–Kier alpha value is -1.96. The van der Waals surface area contributed by atoms with Crippen LogP contribution in [0, 0.1) is 58.5 Å². The fraction of sp³-hybridized carbons (Fsp3) is 0.714. The molecule has 0 aliphatic heterocycles. The first-order valence-electron chi connectivity index (χ1n) is 13.1. The zero-order valence-electron chi connectivity index (χ0n) is 19.8. The van der Waals surface area contributed by atoms with Crippen LogP contribution in [-0.4, -0.2) is 5.97 Å². The summed E-state index contributed by atoms with van der Waals surface area (Å²) in [5.74, 6) is 1.50. The second-order valence-electron chi connectivity index (χ2n) is 10.8. The average molecular weight is 458 g/mol. The summed E-state index contributed by atoms with van der Waals surface area (Å²) < 4.78 is 32.9. The van der Waals surface area contributed by atoms with E-state index in [2.05, 4.69) is 6.92 Å². The first-order valence-corrected chi connectivity index (χ1v) is 13.1. The molecule has 3 fully saturated rings. The number of nitrogens with zero attached hydrogens (tertiary/aromatic N) is 1. The van der Waals surface area contributed by atoms with E-state index in [1.165, 1.54) is 63.9 Å². The number of fused-ring (bicyclic) bond motifs is 1. The fourth-order valence-electron chi connectivity index (χ4n) is 6.95. The van der Waals surface area contributed by atoms with Gasteiger partial charge in [0.15, 0.2) is 0 Å². The minimum Gasteiger partial charge on any atom is -0.426 e. The average Bonchev–Trinajstić information content (AvgIpc) is 2.82. The van der Waals surface area contributed by atoms with Gasteiger partial charge in [-0.15, -0.1) is 0 Å². The molecule has 1 aromatic rings. The van der Waals surface area contributed by atoms with Crippen molar-refractivity contribution in [2.75, 3.05) is 0 Å². The second kappa shape index (κ2) is 11.0. The molecule has 3 saturated carbocycles. The van der Waals surface area contributed by atoms with Crippen molar-refractivity contribution < 1.29 is 18.3 Å². The number of benzene rings is 1. The summed E-state index contributed by atoms with van der Waals surface area (Å²) >= 11 is 0. The Balaban J connectivity index is 1.24. The Morgan fingerprint density at radius 3 is 2.15 bits per heavy atom. The summed E-state index contributed by atoms with van der Waals surface area (Å²) in [5.41, 5.74) is -0.653. The molecule has 0 saturated heterocycles. The summed E-state index contributed by atoms with van der Waals surface area (Å²) in [5, 5.41) is 8.78. The molecule has 0 aromatic heterocycles. The molecule has 4 rings (SSSR count). The van der Waals surface area contributed by atoms with Gasteiger partial charge < -0.3 is 4.74 Å². The fourth-order valence-corrected chi connectivity index (χ4v) is 6.95. The van der Waals surface area contributed by atoms with Crippen molar-refractivity contribution in [1.29, 1.82) is 5.26 Å². The number of hydrogen-bond donors (Lipinski definition) is 0. The maximum atomic E-state index is 13.8. The van der Waals surface area contributed by atoms with Gasteiger partial charge in [-0.3, -0.25) is 4.79 Å². The summed E-state index contributed by atoms with van der Waals surface area (Å²) in [6.45, 7) is 2.29. The highest BCUT2D eigenvalue weighted by atomic mass is 19.1. The van der Waals surface area contributed by atoms with Crippen molar-refractivity contribution in [2.24, 2.45) is 35.5 Å². The van der Waals surface area contributed by atoms with E-state index in [4.69, 9.17) is 10.00 Å². The number of halogens is 2.